The van der Waals surface area contributed by atoms with Gasteiger partial charge in [-0.1, -0.05) is 12.1 Å². The topological polar surface area (TPSA) is 54.4 Å². The van der Waals surface area contributed by atoms with Gasteiger partial charge in [0, 0.05) is 12.9 Å². The molecule has 78 valence electrons. The zero-order valence-corrected chi connectivity index (χ0v) is 8.51. The van der Waals surface area contributed by atoms with Crippen LogP contribution in [0.2, 0.25) is 0 Å². The summed E-state index contributed by atoms with van der Waals surface area (Å²) in [5.41, 5.74) is 0.315. The van der Waals surface area contributed by atoms with Crippen molar-refractivity contribution in [3.05, 3.63) is 29.6 Å². The summed E-state index contributed by atoms with van der Waals surface area (Å²) >= 11 is 0. The molecule has 1 N–H and O–H groups in total. The van der Waals surface area contributed by atoms with E-state index in [4.69, 9.17) is 5.11 Å². The number of aliphatic hydroxyl groups is 1. The minimum atomic E-state index is -3.57. The van der Waals surface area contributed by atoms with E-state index in [1.54, 1.807) is 0 Å². The fourth-order valence-electron chi connectivity index (χ4n) is 1.29. The van der Waals surface area contributed by atoms with Crippen molar-refractivity contribution in [3.63, 3.8) is 0 Å². The van der Waals surface area contributed by atoms with Gasteiger partial charge in [-0.05, 0) is 18.1 Å². The largest absolute Gasteiger partial charge is 0.396 e. The third-order valence-corrected chi connectivity index (χ3v) is 3.00. The molecule has 5 heteroatoms. The van der Waals surface area contributed by atoms with Crippen molar-refractivity contribution >= 4 is 9.84 Å². The molecule has 1 rings (SSSR count). The fourth-order valence-corrected chi connectivity index (χ4v) is 2.35. The van der Waals surface area contributed by atoms with Gasteiger partial charge >= 0.3 is 0 Å². The Kier molecular flexibility index (Phi) is 3.23. The Bertz CT molecular complexity index is 426. The first-order chi connectivity index (χ1) is 6.46. The number of hydrogen-bond acceptors (Lipinski definition) is 3. The van der Waals surface area contributed by atoms with Gasteiger partial charge < -0.3 is 5.11 Å². The highest BCUT2D eigenvalue weighted by atomic mass is 32.2. The lowest BCUT2D eigenvalue weighted by Gasteiger charge is -2.06. The van der Waals surface area contributed by atoms with Crippen molar-refractivity contribution in [1.82, 2.24) is 0 Å². The highest BCUT2D eigenvalue weighted by Crippen LogP contribution is 2.19. The molecule has 0 atom stereocenters. The van der Waals surface area contributed by atoms with Crippen LogP contribution < -0.4 is 0 Å². The molecule has 3 nitrogen and oxygen atoms in total. The smallest absolute Gasteiger partial charge is 0.178 e. The minimum Gasteiger partial charge on any atom is -0.396 e. The molecule has 0 amide bonds. The standard InChI is InChI=1S/C9H11FO3S/c1-14(12,13)9-7(5-6-11)3-2-4-8(9)10/h2-4,11H,5-6H2,1H3. The molecule has 0 radical (unpaired) electrons. The van der Waals surface area contributed by atoms with Crippen molar-refractivity contribution in [2.45, 2.75) is 11.3 Å². The Balaban J connectivity index is 3.37. The van der Waals surface area contributed by atoms with Crippen LogP contribution in [0.15, 0.2) is 23.1 Å². The van der Waals surface area contributed by atoms with Crippen LogP contribution in [0.1, 0.15) is 5.56 Å². The van der Waals surface area contributed by atoms with Gasteiger partial charge in [-0.25, -0.2) is 12.8 Å². The molecular formula is C9H11FO3S. The Hall–Kier alpha value is -0.940. The molecule has 0 saturated heterocycles. The molecule has 0 fully saturated rings. The molecule has 0 aliphatic rings. The molecule has 0 aromatic heterocycles. The summed E-state index contributed by atoms with van der Waals surface area (Å²) in [5.74, 6) is -0.765. The molecule has 1 aromatic rings. The van der Waals surface area contributed by atoms with Gasteiger partial charge in [0.25, 0.3) is 0 Å². The maximum Gasteiger partial charge on any atom is 0.178 e. The minimum absolute atomic E-state index is 0.139. The Labute approximate surface area is 82.1 Å². The van der Waals surface area contributed by atoms with Crippen LogP contribution in [0.4, 0.5) is 4.39 Å². The van der Waals surface area contributed by atoms with Crippen LogP contribution in [0.5, 0.6) is 0 Å². The monoisotopic (exact) mass is 218 g/mol. The van der Waals surface area contributed by atoms with Gasteiger partial charge in [0.2, 0.25) is 0 Å². The third-order valence-electron chi connectivity index (χ3n) is 1.80. The molecule has 0 bridgehead atoms. The van der Waals surface area contributed by atoms with Gasteiger partial charge in [-0.3, -0.25) is 0 Å². The van der Waals surface area contributed by atoms with Crippen LogP contribution in [0.3, 0.4) is 0 Å². The average Bonchev–Trinajstić information content (AvgIpc) is 2.02. The van der Waals surface area contributed by atoms with Crippen LogP contribution in [-0.4, -0.2) is 26.4 Å². The normalized spacial score (nSPS) is 11.6. The van der Waals surface area contributed by atoms with Crippen LogP contribution in [-0.2, 0) is 16.3 Å². The molecule has 1 aromatic carbocycles. The predicted octanol–water partition coefficient (Wildman–Crippen LogP) is 0.764. The summed E-state index contributed by atoms with van der Waals surface area (Å²) < 4.78 is 35.7. The first kappa shape index (κ1) is 11.1. The van der Waals surface area contributed by atoms with Crippen LogP contribution in [0, 0.1) is 5.82 Å². The van der Waals surface area contributed by atoms with Crippen molar-refractivity contribution in [2.24, 2.45) is 0 Å². The van der Waals surface area contributed by atoms with E-state index in [2.05, 4.69) is 0 Å². The Morgan fingerprint density at radius 2 is 2.07 bits per heavy atom. The van der Waals surface area contributed by atoms with Gasteiger partial charge in [-0.15, -0.1) is 0 Å². The second kappa shape index (κ2) is 4.06. The van der Waals surface area contributed by atoms with Gasteiger partial charge in [0.1, 0.15) is 10.7 Å². The van der Waals surface area contributed by atoms with Gasteiger partial charge in [-0.2, -0.15) is 0 Å². The Morgan fingerprint density at radius 1 is 1.43 bits per heavy atom. The molecule has 0 heterocycles. The lowest BCUT2D eigenvalue weighted by Crippen LogP contribution is -2.06. The van der Waals surface area contributed by atoms with E-state index in [9.17, 15) is 12.8 Å². The van der Waals surface area contributed by atoms with Crippen molar-refractivity contribution in [2.75, 3.05) is 12.9 Å². The number of halogens is 1. The predicted molar refractivity (Wildman–Crippen MR) is 50.3 cm³/mol. The lowest BCUT2D eigenvalue weighted by molar-refractivity contribution is 0.298. The molecule has 0 aliphatic heterocycles. The van der Waals surface area contributed by atoms with Crippen molar-refractivity contribution in [3.8, 4) is 0 Å². The highest BCUT2D eigenvalue weighted by molar-refractivity contribution is 7.90. The lowest BCUT2D eigenvalue weighted by atomic mass is 10.1. The number of benzene rings is 1. The van der Waals surface area contributed by atoms with E-state index in [1.807, 2.05) is 0 Å². The highest BCUT2D eigenvalue weighted by Gasteiger charge is 2.17. The first-order valence-electron chi connectivity index (χ1n) is 4.05. The number of sulfone groups is 1. The van der Waals surface area contributed by atoms with E-state index < -0.39 is 15.7 Å². The molecule has 0 aliphatic carbocycles. The van der Waals surface area contributed by atoms with Gasteiger partial charge in [0.05, 0.1) is 0 Å². The zero-order chi connectivity index (χ0) is 10.8. The first-order valence-corrected chi connectivity index (χ1v) is 5.94. The molecular weight excluding hydrogens is 207 g/mol. The molecule has 14 heavy (non-hydrogen) atoms. The summed E-state index contributed by atoms with van der Waals surface area (Å²) in [6, 6.07) is 4.02. The summed E-state index contributed by atoms with van der Waals surface area (Å²) in [5, 5.41) is 8.68. The summed E-state index contributed by atoms with van der Waals surface area (Å²) in [6.45, 7) is -0.202. The molecule has 0 saturated carbocycles. The van der Waals surface area contributed by atoms with E-state index in [-0.39, 0.29) is 17.9 Å². The van der Waals surface area contributed by atoms with Crippen LogP contribution in [0.25, 0.3) is 0 Å². The second-order valence-corrected chi connectivity index (χ2v) is 4.93. The summed E-state index contributed by atoms with van der Waals surface area (Å²) in [6.07, 6.45) is 1.09. The zero-order valence-electron chi connectivity index (χ0n) is 7.70. The fraction of sp³-hybridized carbons (Fsp3) is 0.333. The van der Waals surface area contributed by atoms with E-state index in [1.165, 1.54) is 12.1 Å². The number of aliphatic hydroxyl groups excluding tert-OH is 1. The van der Waals surface area contributed by atoms with E-state index in [0.717, 1.165) is 12.3 Å². The second-order valence-electron chi connectivity index (χ2n) is 2.97. The quantitative estimate of drug-likeness (QED) is 0.815. The summed E-state index contributed by atoms with van der Waals surface area (Å²) in [4.78, 5) is -0.311. The SMILES string of the molecule is CS(=O)(=O)c1c(F)cccc1CCO. The van der Waals surface area contributed by atoms with Crippen LogP contribution >= 0.6 is 0 Å². The summed E-state index contributed by atoms with van der Waals surface area (Å²) in [7, 11) is -3.57. The average molecular weight is 218 g/mol. The third kappa shape index (κ3) is 2.30. The Morgan fingerprint density at radius 3 is 2.57 bits per heavy atom. The number of hydrogen-bond donors (Lipinski definition) is 1. The maximum atomic E-state index is 13.2. The maximum absolute atomic E-state index is 13.2. The van der Waals surface area contributed by atoms with E-state index in [0.29, 0.717) is 5.56 Å². The van der Waals surface area contributed by atoms with Gasteiger partial charge in [0.15, 0.2) is 9.84 Å². The molecule has 0 spiro atoms. The van der Waals surface area contributed by atoms with Crippen molar-refractivity contribution < 1.29 is 17.9 Å². The van der Waals surface area contributed by atoms with Crippen molar-refractivity contribution in [1.29, 1.82) is 0 Å². The molecule has 0 unspecified atom stereocenters. The van der Waals surface area contributed by atoms with E-state index >= 15 is 0 Å². The number of rotatable bonds is 3.